The Labute approximate surface area is 456 Å². The summed E-state index contributed by atoms with van der Waals surface area (Å²) in [6.45, 7) is 5.05. The fourth-order valence-electron chi connectivity index (χ4n) is 10.2. The molecule has 0 aliphatic carbocycles. The van der Waals surface area contributed by atoms with E-state index in [0.717, 1.165) is 88.4 Å². The fraction of sp³-hybridized carbons (Fsp3) is 0.433. The summed E-state index contributed by atoms with van der Waals surface area (Å²) in [6.07, 6.45) is 19.1. The second kappa shape index (κ2) is 26.4. The number of amides is 4. The summed E-state index contributed by atoms with van der Waals surface area (Å²) < 4.78 is 46.7. The predicted octanol–water partition coefficient (Wildman–Crippen LogP) is 9.02. The van der Waals surface area contributed by atoms with E-state index in [4.69, 9.17) is 37.9 Å². The van der Waals surface area contributed by atoms with Gasteiger partial charge in [-0.3, -0.25) is 29.2 Å². The van der Waals surface area contributed by atoms with E-state index in [2.05, 4.69) is 9.98 Å². The van der Waals surface area contributed by atoms with Gasteiger partial charge in [0.1, 0.15) is 0 Å². The van der Waals surface area contributed by atoms with E-state index in [1.54, 1.807) is 86.8 Å². The summed E-state index contributed by atoms with van der Waals surface area (Å²) in [4.78, 5) is 69.2. The minimum atomic E-state index is -0.137. The predicted molar refractivity (Wildman–Crippen MR) is 297 cm³/mol. The Hall–Kier alpha value is -8.02. The molecule has 0 bridgehead atoms. The van der Waals surface area contributed by atoms with Gasteiger partial charge in [0.15, 0.2) is 46.0 Å². The first-order chi connectivity index (χ1) is 38.1. The van der Waals surface area contributed by atoms with Gasteiger partial charge >= 0.3 is 0 Å². The number of ether oxygens (including phenoxy) is 8. The molecule has 3 fully saturated rings. The van der Waals surface area contributed by atoms with E-state index < -0.39 is 0 Å². The summed E-state index contributed by atoms with van der Waals surface area (Å²) in [6, 6.07) is 18.2. The first-order valence-electron chi connectivity index (χ1n) is 27.1. The van der Waals surface area contributed by atoms with Crippen LogP contribution in [-0.2, 0) is 9.59 Å². The van der Waals surface area contributed by atoms with E-state index in [9.17, 15) is 19.2 Å². The van der Waals surface area contributed by atoms with Crippen molar-refractivity contribution >= 4 is 59.6 Å². The van der Waals surface area contributed by atoms with Crippen molar-refractivity contribution in [2.45, 2.75) is 76.3 Å². The van der Waals surface area contributed by atoms with Crippen LogP contribution in [0.3, 0.4) is 0 Å². The average Bonchev–Trinajstić information content (AvgIpc) is 4.25. The Morgan fingerprint density at radius 2 is 0.846 bits per heavy atom. The highest BCUT2D eigenvalue weighted by atomic mass is 16.5. The zero-order valence-electron chi connectivity index (χ0n) is 45.1. The lowest BCUT2D eigenvalue weighted by molar-refractivity contribution is -0.133. The van der Waals surface area contributed by atoms with E-state index in [0.29, 0.717) is 121 Å². The molecule has 18 heteroatoms. The largest absolute Gasteiger partial charge is 0.493 e. The molecule has 0 N–H and O–H groups in total. The van der Waals surface area contributed by atoms with Crippen molar-refractivity contribution in [1.29, 1.82) is 0 Å². The van der Waals surface area contributed by atoms with Crippen LogP contribution in [0.4, 0.5) is 11.4 Å². The molecular weight excluding hydrogens is 997 g/mol. The van der Waals surface area contributed by atoms with Gasteiger partial charge in [0.05, 0.1) is 89.5 Å². The molecule has 4 aromatic rings. The minimum absolute atomic E-state index is 0.0215. The summed E-state index contributed by atoms with van der Waals surface area (Å²) in [7, 11) is 6.32. The number of hydrogen-bond donors (Lipinski definition) is 0. The van der Waals surface area contributed by atoms with E-state index in [1.165, 1.54) is 0 Å². The van der Waals surface area contributed by atoms with Crippen molar-refractivity contribution in [3.8, 4) is 46.0 Å². The van der Waals surface area contributed by atoms with Crippen LogP contribution in [0.5, 0.6) is 46.0 Å². The number of carbonyl (C=O) groups excluding carboxylic acids is 4. The molecule has 9 rings (SSSR count). The minimum Gasteiger partial charge on any atom is -0.493 e. The second-order valence-electron chi connectivity index (χ2n) is 19.7. The topological polar surface area (TPSA) is 180 Å². The van der Waals surface area contributed by atoms with Gasteiger partial charge in [-0.15, -0.1) is 0 Å². The normalized spacial score (nSPS) is 17.6. The summed E-state index contributed by atoms with van der Waals surface area (Å²) >= 11 is 0. The van der Waals surface area contributed by atoms with Crippen LogP contribution in [-0.4, -0.2) is 162 Å². The standard InChI is InChI=1S/C60H70N6O12/c1-71-51-33-41(15-19-49(51)75-29-7-5-9-31-77-55-37-47-45(35-53(55)73-3)59(69)65-23-11-13-43(65)39-61-47)17-21-57(67)63-25-27-64(28-26-63)58(68)22-18-42-16-20-50(52(34-42)72-2)76-30-8-6-10-32-78-56-38-48-46(36-54(56)74-4)60(70)66-24-12-14-44(66)40-62-48/h15-22,33-40,43-44H,5-14,23-32H2,1-4H3/b21-17+,22-18+/t43-,44-/m0/s1. The molecule has 4 aromatic carbocycles. The van der Waals surface area contributed by atoms with Crippen LogP contribution >= 0.6 is 0 Å². The number of aliphatic imine (C=N–C) groups is 2. The van der Waals surface area contributed by atoms with Crippen LogP contribution in [0, 0.1) is 0 Å². The van der Waals surface area contributed by atoms with E-state index >= 15 is 0 Å². The van der Waals surface area contributed by atoms with Crippen molar-refractivity contribution < 1.29 is 57.1 Å². The molecule has 3 saturated heterocycles. The first kappa shape index (κ1) is 54.8. The summed E-state index contributed by atoms with van der Waals surface area (Å²) in [5.74, 6) is 4.19. The van der Waals surface area contributed by atoms with Crippen molar-refractivity contribution in [3.63, 3.8) is 0 Å². The number of nitrogens with zero attached hydrogens (tertiary/aromatic N) is 6. The van der Waals surface area contributed by atoms with Gasteiger partial charge in [-0.1, -0.05) is 12.1 Å². The first-order valence-corrected chi connectivity index (χ1v) is 27.1. The summed E-state index contributed by atoms with van der Waals surface area (Å²) in [5, 5.41) is 0. The van der Waals surface area contributed by atoms with Crippen molar-refractivity contribution in [3.05, 3.63) is 95.1 Å². The number of fused-ring (bicyclic) bond motifs is 4. The third kappa shape index (κ3) is 13.2. The Morgan fingerprint density at radius 1 is 0.474 bits per heavy atom. The lowest BCUT2D eigenvalue weighted by Gasteiger charge is -2.33. The third-order valence-electron chi connectivity index (χ3n) is 14.6. The van der Waals surface area contributed by atoms with Crippen LogP contribution in [0.2, 0.25) is 0 Å². The Kier molecular flexibility index (Phi) is 18.5. The lowest BCUT2D eigenvalue weighted by atomic mass is 10.1. The Bertz CT molecular complexity index is 2730. The van der Waals surface area contributed by atoms with Gasteiger partial charge in [0.2, 0.25) is 11.8 Å². The molecular formula is C60H70N6O12. The molecule has 412 valence electrons. The van der Waals surface area contributed by atoms with Crippen LogP contribution in [0.25, 0.3) is 12.2 Å². The zero-order valence-corrected chi connectivity index (χ0v) is 45.1. The monoisotopic (exact) mass is 1070 g/mol. The second-order valence-corrected chi connectivity index (χ2v) is 19.7. The molecule has 0 aromatic heterocycles. The number of methoxy groups -OCH3 is 4. The maximum Gasteiger partial charge on any atom is 0.256 e. The molecule has 78 heavy (non-hydrogen) atoms. The molecule has 18 nitrogen and oxygen atoms in total. The molecule has 5 heterocycles. The number of rotatable bonds is 24. The van der Waals surface area contributed by atoms with Gasteiger partial charge in [0, 0.05) is 76.0 Å². The van der Waals surface area contributed by atoms with Crippen molar-refractivity contribution in [1.82, 2.24) is 19.6 Å². The van der Waals surface area contributed by atoms with Gasteiger partial charge in [-0.05, 0) is 124 Å². The molecule has 0 unspecified atom stereocenters. The zero-order chi connectivity index (χ0) is 54.4. The van der Waals surface area contributed by atoms with Gasteiger partial charge in [0.25, 0.3) is 11.8 Å². The van der Waals surface area contributed by atoms with Crippen LogP contribution in [0.1, 0.15) is 96.1 Å². The Morgan fingerprint density at radius 3 is 1.23 bits per heavy atom. The number of unbranched alkanes of at least 4 members (excludes halogenated alkanes) is 4. The number of carbonyl (C=O) groups is 4. The number of piperazine rings is 1. The molecule has 0 radical (unpaired) electrons. The maximum atomic E-state index is 13.2. The van der Waals surface area contributed by atoms with Gasteiger partial charge in [-0.25, -0.2) is 0 Å². The van der Waals surface area contributed by atoms with Gasteiger partial charge < -0.3 is 57.5 Å². The highest BCUT2D eigenvalue weighted by Crippen LogP contribution is 2.40. The van der Waals surface area contributed by atoms with E-state index in [-0.39, 0.29) is 35.7 Å². The maximum absolute atomic E-state index is 13.2. The van der Waals surface area contributed by atoms with E-state index in [1.807, 2.05) is 58.6 Å². The van der Waals surface area contributed by atoms with Crippen molar-refractivity contribution in [2.24, 2.45) is 9.98 Å². The SMILES string of the molecule is COc1cc(/C=C/C(=O)N2CCN(C(=O)/C=C/c3ccc(OCCCCCOc4cc5c(cc4OC)C(=O)N4CCC[C@H]4C=N5)c(OC)c3)CC2)ccc1OCCCCCOc1cc2c(cc1OC)C(=O)N1CCC[C@H]1C=N2. The number of hydrogen-bond acceptors (Lipinski definition) is 14. The average molecular weight is 1070 g/mol. The molecule has 5 aliphatic rings. The molecule has 5 aliphatic heterocycles. The third-order valence-corrected chi connectivity index (χ3v) is 14.6. The molecule has 0 spiro atoms. The Balaban J connectivity index is 0.649. The fourth-order valence-corrected chi connectivity index (χ4v) is 10.2. The van der Waals surface area contributed by atoms with Gasteiger partial charge in [-0.2, -0.15) is 0 Å². The molecule has 0 saturated carbocycles. The van der Waals surface area contributed by atoms with Crippen molar-refractivity contribution in [2.75, 3.05) is 94.1 Å². The smallest absolute Gasteiger partial charge is 0.256 e. The molecule has 2 atom stereocenters. The number of benzene rings is 4. The van der Waals surface area contributed by atoms with Crippen LogP contribution < -0.4 is 37.9 Å². The highest BCUT2D eigenvalue weighted by Gasteiger charge is 2.34. The molecule has 4 amide bonds. The quantitative estimate of drug-likeness (QED) is 0.0481. The summed E-state index contributed by atoms with van der Waals surface area (Å²) in [5.41, 5.74) is 3.85. The lowest BCUT2D eigenvalue weighted by Crippen LogP contribution is -2.49. The highest BCUT2D eigenvalue weighted by molar-refractivity contribution is 6.04. The van der Waals surface area contributed by atoms with Crippen LogP contribution in [0.15, 0.2) is 82.8 Å².